The van der Waals surface area contributed by atoms with Crippen molar-refractivity contribution in [3.8, 4) is 5.69 Å². The molecule has 1 aliphatic rings. The van der Waals surface area contributed by atoms with Gasteiger partial charge in [0.2, 0.25) is 5.78 Å². The average Bonchev–Trinajstić information content (AvgIpc) is 3.50. The Morgan fingerprint density at radius 2 is 1.97 bits per heavy atom. The van der Waals surface area contributed by atoms with Gasteiger partial charge in [-0.15, -0.1) is 5.10 Å². The summed E-state index contributed by atoms with van der Waals surface area (Å²) in [5.41, 5.74) is 1.08. The number of aryl methyl sites for hydroxylation is 1. The van der Waals surface area contributed by atoms with Crippen molar-refractivity contribution in [2.75, 3.05) is 6.54 Å². The normalized spacial score (nSPS) is 18.4. The van der Waals surface area contributed by atoms with E-state index in [-0.39, 0.29) is 5.76 Å². The number of benzene rings is 2. The van der Waals surface area contributed by atoms with Gasteiger partial charge in [-0.3, -0.25) is 14.5 Å². The van der Waals surface area contributed by atoms with E-state index < -0.39 is 29.8 Å². The van der Waals surface area contributed by atoms with E-state index in [0.29, 0.717) is 22.4 Å². The van der Waals surface area contributed by atoms with Crippen LogP contribution in [0.5, 0.6) is 0 Å². The summed E-state index contributed by atoms with van der Waals surface area (Å²) in [5, 5.41) is 14.6. The van der Waals surface area contributed by atoms with Crippen LogP contribution in [0.4, 0.5) is 4.79 Å². The summed E-state index contributed by atoms with van der Waals surface area (Å²) in [6, 6.07) is 13.6. The Kier molecular flexibility index (Phi) is 4.36. The number of amides is 3. The van der Waals surface area contributed by atoms with Gasteiger partial charge in [0.25, 0.3) is 5.91 Å². The first-order chi connectivity index (χ1) is 15.4. The topological polar surface area (TPSA) is 123 Å². The molecule has 0 radical (unpaired) electrons. The molecule has 3 heterocycles. The van der Waals surface area contributed by atoms with Gasteiger partial charge in [0.1, 0.15) is 17.4 Å². The van der Waals surface area contributed by atoms with E-state index in [1.165, 1.54) is 11.0 Å². The van der Waals surface area contributed by atoms with Crippen LogP contribution in [0.2, 0.25) is 0 Å². The number of carbonyl (C=O) groups excluding carboxylic acids is 3. The minimum absolute atomic E-state index is 0.140. The number of para-hydroxylation sites is 1. The predicted molar refractivity (Wildman–Crippen MR) is 112 cm³/mol. The molecule has 1 aliphatic heterocycles. The molecular weight excluding hydrogens is 412 g/mol. The lowest BCUT2D eigenvalue weighted by molar-refractivity contribution is -0.130. The number of fused-ring (bicyclic) bond motifs is 1. The second-order valence-corrected chi connectivity index (χ2v) is 7.73. The van der Waals surface area contributed by atoms with Crippen molar-refractivity contribution in [2.24, 2.45) is 0 Å². The monoisotopic (exact) mass is 430 g/mol. The van der Waals surface area contributed by atoms with Gasteiger partial charge >= 0.3 is 6.03 Å². The van der Waals surface area contributed by atoms with E-state index in [2.05, 4.69) is 20.8 Å². The maximum absolute atomic E-state index is 13.3. The Hall–Kier alpha value is -4.34. The summed E-state index contributed by atoms with van der Waals surface area (Å²) in [7, 11) is 0. The highest BCUT2D eigenvalue weighted by Gasteiger charge is 2.49. The van der Waals surface area contributed by atoms with Crippen molar-refractivity contribution in [3.05, 3.63) is 71.7 Å². The minimum atomic E-state index is -1.34. The van der Waals surface area contributed by atoms with Crippen LogP contribution in [-0.4, -0.2) is 49.4 Å². The van der Waals surface area contributed by atoms with E-state index in [1.54, 1.807) is 44.2 Å². The summed E-state index contributed by atoms with van der Waals surface area (Å²) in [4.78, 5) is 39.8. The maximum Gasteiger partial charge on any atom is 0.325 e. The zero-order valence-electron chi connectivity index (χ0n) is 17.3. The van der Waals surface area contributed by atoms with E-state index >= 15 is 0 Å². The fraction of sp³-hybridized carbons (Fsp3) is 0.182. The number of urea groups is 1. The van der Waals surface area contributed by atoms with E-state index in [9.17, 15) is 14.4 Å². The first kappa shape index (κ1) is 19.6. The van der Waals surface area contributed by atoms with Crippen LogP contribution in [0, 0.1) is 6.92 Å². The average molecular weight is 430 g/mol. The zero-order chi connectivity index (χ0) is 22.5. The van der Waals surface area contributed by atoms with Gasteiger partial charge in [-0.05, 0) is 48.0 Å². The Bertz CT molecular complexity index is 1380. The molecule has 10 nitrogen and oxygen atoms in total. The number of tetrazole rings is 1. The lowest BCUT2D eigenvalue weighted by Crippen LogP contribution is -2.41. The smallest absolute Gasteiger partial charge is 0.325 e. The fourth-order valence-electron chi connectivity index (χ4n) is 3.93. The standard InChI is InChI=1S/C22H18N6O4/c1-13-16-8-3-4-9-18(16)32-19(13)17(29)11-27-20(30)22(2,24-21(27)31)14-6-5-7-15(10-14)28-12-23-25-26-28/h3-10,12H,11H2,1-2H3,(H,24,31)/t22-/m0/s1. The van der Waals surface area contributed by atoms with Crippen LogP contribution >= 0.6 is 0 Å². The molecule has 160 valence electrons. The molecule has 32 heavy (non-hydrogen) atoms. The lowest BCUT2D eigenvalue weighted by Gasteiger charge is -2.22. The maximum atomic E-state index is 13.3. The molecule has 0 unspecified atom stereocenters. The van der Waals surface area contributed by atoms with Crippen molar-refractivity contribution in [2.45, 2.75) is 19.4 Å². The first-order valence-electron chi connectivity index (χ1n) is 9.88. The number of nitrogens with zero attached hydrogens (tertiary/aromatic N) is 5. The third-order valence-corrected chi connectivity index (χ3v) is 5.71. The second kappa shape index (κ2) is 7.12. The molecule has 2 aromatic carbocycles. The molecule has 1 saturated heterocycles. The molecule has 4 aromatic rings. The van der Waals surface area contributed by atoms with Crippen LogP contribution in [0.1, 0.15) is 28.6 Å². The van der Waals surface area contributed by atoms with Gasteiger partial charge in [0.15, 0.2) is 5.76 Å². The van der Waals surface area contributed by atoms with Crippen LogP contribution < -0.4 is 5.32 Å². The van der Waals surface area contributed by atoms with Crippen molar-refractivity contribution in [1.29, 1.82) is 0 Å². The van der Waals surface area contributed by atoms with Gasteiger partial charge in [0.05, 0.1) is 12.2 Å². The summed E-state index contributed by atoms with van der Waals surface area (Å²) >= 11 is 0. The minimum Gasteiger partial charge on any atom is -0.453 e. The number of furan rings is 1. The summed E-state index contributed by atoms with van der Waals surface area (Å²) < 4.78 is 7.14. The molecule has 0 aliphatic carbocycles. The largest absolute Gasteiger partial charge is 0.453 e. The number of nitrogens with one attached hydrogen (secondary N) is 1. The van der Waals surface area contributed by atoms with Crippen LogP contribution in [0.3, 0.4) is 0 Å². The molecule has 3 amide bonds. The first-order valence-corrected chi connectivity index (χ1v) is 9.88. The number of hydrogen-bond acceptors (Lipinski definition) is 7. The Balaban J connectivity index is 1.43. The molecule has 1 fully saturated rings. The van der Waals surface area contributed by atoms with E-state index in [4.69, 9.17) is 4.42 Å². The number of aromatic nitrogens is 4. The third kappa shape index (κ3) is 2.96. The highest BCUT2D eigenvalue weighted by molar-refractivity contribution is 6.11. The molecular formula is C22H18N6O4. The number of Topliss-reactive ketones (excluding diaryl/α,β-unsaturated/α-hetero) is 1. The van der Waals surface area contributed by atoms with Crippen molar-refractivity contribution in [3.63, 3.8) is 0 Å². The molecule has 0 saturated carbocycles. The number of hydrogen-bond donors (Lipinski definition) is 1. The summed E-state index contributed by atoms with van der Waals surface area (Å²) in [6.45, 7) is 2.95. The van der Waals surface area contributed by atoms with Crippen LogP contribution in [0.25, 0.3) is 16.7 Å². The van der Waals surface area contributed by atoms with Gasteiger partial charge in [0, 0.05) is 10.9 Å². The van der Waals surface area contributed by atoms with E-state index in [1.807, 2.05) is 18.2 Å². The molecule has 10 heteroatoms. The van der Waals surface area contributed by atoms with Crippen LogP contribution in [-0.2, 0) is 10.3 Å². The SMILES string of the molecule is Cc1c(C(=O)CN2C(=O)N[C@@](C)(c3cccc(-n4cnnn4)c3)C2=O)oc2ccccc12. The third-order valence-electron chi connectivity index (χ3n) is 5.71. The predicted octanol–water partition coefficient (Wildman–Crippen LogP) is 2.37. The number of imide groups is 1. The van der Waals surface area contributed by atoms with Gasteiger partial charge < -0.3 is 9.73 Å². The molecule has 0 bridgehead atoms. The molecule has 0 spiro atoms. The van der Waals surface area contributed by atoms with Crippen LogP contribution in [0.15, 0.2) is 59.3 Å². The fourth-order valence-corrected chi connectivity index (χ4v) is 3.93. The molecule has 5 rings (SSSR count). The van der Waals surface area contributed by atoms with Crippen molar-refractivity contribution < 1.29 is 18.8 Å². The van der Waals surface area contributed by atoms with Gasteiger partial charge in [-0.2, -0.15) is 0 Å². The highest BCUT2D eigenvalue weighted by Crippen LogP contribution is 2.31. The van der Waals surface area contributed by atoms with Crippen molar-refractivity contribution in [1.82, 2.24) is 30.4 Å². The Labute approximate surface area is 181 Å². The van der Waals surface area contributed by atoms with Crippen molar-refractivity contribution >= 4 is 28.7 Å². The lowest BCUT2D eigenvalue weighted by atomic mass is 9.91. The summed E-state index contributed by atoms with van der Waals surface area (Å²) in [5.74, 6) is -0.839. The van der Waals surface area contributed by atoms with Gasteiger partial charge in [-0.25, -0.2) is 9.48 Å². The summed E-state index contributed by atoms with van der Waals surface area (Å²) in [6.07, 6.45) is 1.43. The molecule has 1 N–H and O–H groups in total. The Morgan fingerprint density at radius 3 is 2.72 bits per heavy atom. The number of carbonyl (C=O) groups is 3. The zero-order valence-corrected chi connectivity index (χ0v) is 17.3. The number of ketones is 1. The van der Waals surface area contributed by atoms with E-state index in [0.717, 1.165) is 10.3 Å². The van der Waals surface area contributed by atoms with Gasteiger partial charge in [-0.1, -0.05) is 30.3 Å². The Morgan fingerprint density at radius 1 is 1.16 bits per heavy atom. The quantitative estimate of drug-likeness (QED) is 0.381. The number of rotatable bonds is 5. The second-order valence-electron chi connectivity index (χ2n) is 7.73. The molecule has 1 atom stereocenters. The molecule has 2 aromatic heterocycles. The highest BCUT2D eigenvalue weighted by atomic mass is 16.3.